The van der Waals surface area contributed by atoms with Gasteiger partial charge in [0.05, 0.1) is 5.52 Å². The molecule has 2 atom stereocenters. The Hall–Kier alpha value is -1.06. The molecular formula is C17H22N2S. The van der Waals surface area contributed by atoms with Crippen LogP contribution in [0.25, 0.3) is 10.9 Å². The summed E-state index contributed by atoms with van der Waals surface area (Å²) < 4.78 is 0.311. The van der Waals surface area contributed by atoms with E-state index in [9.17, 15) is 0 Å². The van der Waals surface area contributed by atoms with Crippen LogP contribution in [0.3, 0.4) is 0 Å². The first-order valence-corrected chi connectivity index (χ1v) is 8.43. The maximum atomic E-state index is 4.42. The lowest BCUT2D eigenvalue weighted by molar-refractivity contribution is 0.422. The Labute approximate surface area is 125 Å². The topological polar surface area (TPSA) is 24.9 Å². The number of hydrogen-bond acceptors (Lipinski definition) is 3. The molecule has 1 aliphatic heterocycles. The van der Waals surface area contributed by atoms with E-state index in [0.717, 1.165) is 12.1 Å². The summed E-state index contributed by atoms with van der Waals surface area (Å²) in [5.41, 5.74) is 2.47. The lowest BCUT2D eigenvalue weighted by atomic mass is 9.89. The molecule has 0 amide bonds. The van der Waals surface area contributed by atoms with Gasteiger partial charge < -0.3 is 5.32 Å². The summed E-state index contributed by atoms with van der Waals surface area (Å²) in [5.74, 6) is 1.29. The molecule has 1 aromatic carbocycles. The first-order chi connectivity index (χ1) is 9.73. The van der Waals surface area contributed by atoms with Crippen molar-refractivity contribution in [3.8, 4) is 0 Å². The Morgan fingerprint density at radius 1 is 1.40 bits per heavy atom. The number of hydrogen-bond donors (Lipinski definition) is 1. The molecule has 3 heteroatoms. The fourth-order valence-corrected chi connectivity index (χ4v) is 4.62. The van der Waals surface area contributed by atoms with Gasteiger partial charge in [-0.15, -0.1) is 0 Å². The number of fused-ring (bicyclic) bond motifs is 1. The largest absolute Gasteiger partial charge is 0.309 e. The van der Waals surface area contributed by atoms with Crippen LogP contribution in [0.15, 0.2) is 36.5 Å². The maximum Gasteiger partial charge on any atom is 0.0702 e. The van der Waals surface area contributed by atoms with E-state index in [0.29, 0.717) is 10.8 Å². The Kier molecular flexibility index (Phi) is 3.99. The predicted molar refractivity (Wildman–Crippen MR) is 88.3 cm³/mol. The number of thioether (sulfide) groups is 1. The molecule has 1 saturated heterocycles. The van der Waals surface area contributed by atoms with Gasteiger partial charge in [-0.25, -0.2) is 0 Å². The second-order valence-electron chi connectivity index (χ2n) is 5.71. The van der Waals surface area contributed by atoms with E-state index >= 15 is 0 Å². The molecule has 0 spiro atoms. The van der Waals surface area contributed by atoms with Crippen molar-refractivity contribution in [3.05, 3.63) is 42.1 Å². The average molecular weight is 286 g/mol. The number of pyridine rings is 1. The predicted octanol–water partition coefficient (Wildman–Crippen LogP) is 4.17. The van der Waals surface area contributed by atoms with Crippen molar-refractivity contribution < 1.29 is 0 Å². The van der Waals surface area contributed by atoms with Crippen LogP contribution in [-0.2, 0) is 0 Å². The summed E-state index contributed by atoms with van der Waals surface area (Å²) in [6.45, 7) is 5.61. The Morgan fingerprint density at radius 2 is 2.30 bits per heavy atom. The zero-order valence-corrected chi connectivity index (χ0v) is 13.0. The molecule has 2 aromatic rings. The van der Waals surface area contributed by atoms with Gasteiger partial charge in [0.25, 0.3) is 0 Å². The molecule has 2 unspecified atom stereocenters. The molecule has 2 heterocycles. The smallest absolute Gasteiger partial charge is 0.0702 e. The van der Waals surface area contributed by atoms with Crippen LogP contribution in [0.1, 0.15) is 38.3 Å². The minimum Gasteiger partial charge on any atom is -0.309 e. The van der Waals surface area contributed by atoms with Crippen LogP contribution >= 0.6 is 11.8 Å². The highest BCUT2D eigenvalue weighted by Crippen LogP contribution is 2.46. The third kappa shape index (κ3) is 2.57. The molecule has 0 radical (unpaired) electrons. The van der Waals surface area contributed by atoms with Gasteiger partial charge in [0.2, 0.25) is 0 Å². The summed E-state index contributed by atoms with van der Waals surface area (Å²) in [4.78, 5) is 4.42. The maximum absolute atomic E-state index is 4.42. The first kappa shape index (κ1) is 13.9. The van der Waals surface area contributed by atoms with Gasteiger partial charge in [-0.3, -0.25) is 4.98 Å². The van der Waals surface area contributed by atoms with E-state index in [1.54, 1.807) is 0 Å². The molecule has 2 nitrogen and oxygen atoms in total. The molecule has 3 rings (SSSR count). The van der Waals surface area contributed by atoms with E-state index in [1.807, 2.05) is 12.3 Å². The Morgan fingerprint density at radius 3 is 3.05 bits per heavy atom. The monoisotopic (exact) mass is 286 g/mol. The SMILES string of the molecule is CCNC(c1ccc2ncccc2c1)C1(C)CCCS1. The fourth-order valence-electron chi connectivity index (χ4n) is 3.19. The standard InChI is InChI=1S/C17H22N2S/c1-3-18-16(17(2)9-5-11-20-17)14-7-8-15-13(12-14)6-4-10-19-15/h4,6-8,10,12,16,18H,3,5,9,11H2,1-2H3. The van der Waals surface area contributed by atoms with Crippen LogP contribution in [0.2, 0.25) is 0 Å². The van der Waals surface area contributed by atoms with E-state index in [2.05, 4.69) is 60.2 Å². The van der Waals surface area contributed by atoms with Crippen LogP contribution in [0.4, 0.5) is 0 Å². The molecule has 0 saturated carbocycles. The number of nitrogens with one attached hydrogen (secondary N) is 1. The summed E-state index contributed by atoms with van der Waals surface area (Å²) in [6, 6.07) is 11.3. The van der Waals surface area contributed by atoms with Crippen molar-refractivity contribution >= 4 is 22.7 Å². The number of benzene rings is 1. The number of nitrogens with zero attached hydrogens (tertiary/aromatic N) is 1. The second kappa shape index (κ2) is 5.74. The minimum absolute atomic E-state index is 0.311. The van der Waals surface area contributed by atoms with E-state index in [4.69, 9.17) is 0 Å². The third-order valence-corrected chi connectivity index (χ3v) is 5.82. The lowest BCUT2D eigenvalue weighted by Crippen LogP contribution is -2.37. The van der Waals surface area contributed by atoms with Gasteiger partial charge in [-0.05, 0) is 55.8 Å². The van der Waals surface area contributed by atoms with Crippen LogP contribution in [0, 0.1) is 0 Å². The lowest BCUT2D eigenvalue weighted by Gasteiger charge is -2.34. The molecule has 20 heavy (non-hydrogen) atoms. The van der Waals surface area contributed by atoms with Gasteiger partial charge >= 0.3 is 0 Å². The van der Waals surface area contributed by atoms with Crippen molar-refractivity contribution in [1.29, 1.82) is 0 Å². The summed E-state index contributed by atoms with van der Waals surface area (Å²) >= 11 is 2.11. The van der Waals surface area contributed by atoms with Crippen LogP contribution in [-0.4, -0.2) is 22.0 Å². The van der Waals surface area contributed by atoms with Crippen molar-refractivity contribution in [2.45, 2.75) is 37.5 Å². The van der Waals surface area contributed by atoms with E-state index in [1.165, 1.54) is 29.5 Å². The molecule has 1 aromatic heterocycles. The average Bonchev–Trinajstić information content (AvgIpc) is 2.92. The molecule has 106 valence electrons. The molecular weight excluding hydrogens is 264 g/mol. The minimum atomic E-state index is 0.311. The quantitative estimate of drug-likeness (QED) is 0.913. The van der Waals surface area contributed by atoms with E-state index < -0.39 is 0 Å². The fraction of sp³-hybridized carbons (Fsp3) is 0.471. The molecule has 1 aliphatic rings. The Bertz CT molecular complexity index is 590. The van der Waals surface area contributed by atoms with Crippen molar-refractivity contribution in [1.82, 2.24) is 10.3 Å². The summed E-state index contributed by atoms with van der Waals surface area (Å²) in [6.07, 6.45) is 4.48. The summed E-state index contributed by atoms with van der Waals surface area (Å²) in [7, 11) is 0. The molecule has 0 aliphatic carbocycles. The van der Waals surface area contributed by atoms with Crippen molar-refractivity contribution in [3.63, 3.8) is 0 Å². The highest BCUT2D eigenvalue weighted by atomic mass is 32.2. The second-order valence-corrected chi connectivity index (χ2v) is 7.34. The van der Waals surface area contributed by atoms with E-state index in [-0.39, 0.29) is 0 Å². The number of aromatic nitrogens is 1. The van der Waals surface area contributed by atoms with Gasteiger partial charge in [0.1, 0.15) is 0 Å². The Balaban J connectivity index is 2.00. The normalized spacial score (nSPS) is 24.1. The van der Waals surface area contributed by atoms with Gasteiger partial charge in [0.15, 0.2) is 0 Å². The third-order valence-electron chi connectivity index (χ3n) is 4.23. The summed E-state index contributed by atoms with van der Waals surface area (Å²) in [5, 5.41) is 4.94. The first-order valence-electron chi connectivity index (χ1n) is 7.45. The van der Waals surface area contributed by atoms with Crippen molar-refractivity contribution in [2.75, 3.05) is 12.3 Å². The molecule has 1 fully saturated rings. The van der Waals surface area contributed by atoms with Crippen LogP contribution < -0.4 is 5.32 Å². The molecule has 0 bridgehead atoms. The van der Waals surface area contributed by atoms with Gasteiger partial charge in [0, 0.05) is 22.4 Å². The van der Waals surface area contributed by atoms with Crippen molar-refractivity contribution in [2.24, 2.45) is 0 Å². The zero-order valence-electron chi connectivity index (χ0n) is 12.2. The molecule has 1 N–H and O–H groups in total. The highest BCUT2D eigenvalue weighted by Gasteiger charge is 2.38. The van der Waals surface area contributed by atoms with Gasteiger partial charge in [-0.2, -0.15) is 11.8 Å². The van der Waals surface area contributed by atoms with Crippen LogP contribution in [0.5, 0.6) is 0 Å². The zero-order chi connectivity index (χ0) is 14.0. The van der Waals surface area contributed by atoms with Gasteiger partial charge in [-0.1, -0.05) is 19.1 Å². The number of rotatable bonds is 4. The highest BCUT2D eigenvalue weighted by molar-refractivity contribution is 8.00.